The molecule has 2 atom stereocenters. The second kappa shape index (κ2) is 5.38. The van der Waals surface area contributed by atoms with Crippen molar-refractivity contribution in [2.45, 2.75) is 45.6 Å². The Kier molecular flexibility index (Phi) is 3.84. The lowest BCUT2D eigenvalue weighted by Gasteiger charge is -2.27. The lowest BCUT2D eigenvalue weighted by molar-refractivity contribution is -0.385. The maximum absolute atomic E-state index is 10.9. The van der Waals surface area contributed by atoms with E-state index in [9.17, 15) is 10.1 Å². The third-order valence-electron chi connectivity index (χ3n) is 3.57. The second-order valence-corrected chi connectivity index (χ2v) is 5.22. The van der Waals surface area contributed by atoms with Gasteiger partial charge in [-0.1, -0.05) is 13.3 Å². The molecule has 98 valence electrons. The van der Waals surface area contributed by atoms with Crippen LogP contribution in [-0.4, -0.2) is 11.0 Å². The molecule has 1 aromatic rings. The Balaban J connectivity index is 2.09. The van der Waals surface area contributed by atoms with Crippen molar-refractivity contribution in [3.63, 3.8) is 0 Å². The molecule has 0 spiro atoms. The zero-order valence-corrected chi connectivity index (χ0v) is 10.9. The first-order chi connectivity index (χ1) is 8.56. The Morgan fingerprint density at radius 1 is 1.39 bits per heavy atom. The van der Waals surface area contributed by atoms with Gasteiger partial charge in [0.2, 0.25) is 0 Å². The highest BCUT2D eigenvalue weighted by molar-refractivity contribution is 5.45. The largest absolute Gasteiger partial charge is 0.490 e. The van der Waals surface area contributed by atoms with Gasteiger partial charge in [-0.25, -0.2) is 0 Å². The molecular formula is C14H19NO3. The van der Waals surface area contributed by atoms with Crippen molar-refractivity contribution in [1.29, 1.82) is 0 Å². The molecule has 1 aromatic carbocycles. The van der Waals surface area contributed by atoms with Crippen LogP contribution in [0.25, 0.3) is 0 Å². The van der Waals surface area contributed by atoms with Crippen LogP contribution in [0.4, 0.5) is 5.69 Å². The summed E-state index contributed by atoms with van der Waals surface area (Å²) in [4.78, 5) is 10.5. The topological polar surface area (TPSA) is 52.4 Å². The molecule has 2 rings (SSSR count). The van der Waals surface area contributed by atoms with Crippen LogP contribution in [0.5, 0.6) is 5.75 Å². The Labute approximate surface area is 107 Å². The molecule has 0 saturated heterocycles. The van der Waals surface area contributed by atoms with Crippen LogP contribution in [0.1, 0.15) is 38.2 Å². The van der Waals surface area contributed by atoms with Gasteiger partial charge in [-0.3, -0.25) is 10.1 Å². The lowest BCUT2D eigenvalue weighted by atomic mass is 9.89. The SMILES string of the molecule is Cc1ccc(OC2CCCC(C)C2)cc1[N+](=O)[O-]. The molecule has 0 N–H and O–H groups in total. The van der Waals surface area contributed by atoms with Crippen LogP contribution < -0.4 is 4.74 Å². The van der Waals surface area contributed by atoms with Crippen molar-refractivity contribution in [3.05, 3.63) is 33.9 Å². The number of nitro groups is 1. The van der Waals surface area contributed by atoms with Crippen LogP contribution in [0, 0.1) is 23.0 Å². The number of nitrogens with zero attached hydrogens (tertiary/aromatic N) is 1. The van der Waals surface area contributed by atoms with Crippen molar-refractivity contribution in [3.8, 4) is 5.75 Å². The number of ether oxygens (including phenoxy) is 1. The van der Waals surface area contributed by atoms with Gasteiger partial charge in [0.1, 0.15) is 5.75 Å². The van der Waals surface area contributed by atoms with E-state index in [2.05, 4.69) is 6.92 Å². The summed E-state index contributed by atoms with van der Waals surface area (Å²) in [5.74, 6) is 1.30. The number of aryl methyl sites for hydroxylation is 1. The number of rotatable bonds is 3. The van der Waals surface area contributed by atoms with E-state index in [0.29, 0.717) is 17.2 Å². The molecule has 1 aliphatic carbocycles. The van der Waals surface area contributed by atoms with E-state index < -0.39 is 0 Å². The molecule has 0 amide bonds. The standard InChI is InChI=1S/C14H19NO3/c1-10-4-3-5-12(8-10)18-13-7-6-11(2)14(9-13)15(16)17/h6-7,9-10,12H,3-5,8H2,1-2H3. The van der Waals surface area contributed by atoms with Crippen molar-refractivity contribution in [1.82, 2.24) is 0 Å². The van der Waals surface area contributed by atoms with E-state index >= 15 is 0 Å². The van der Waals surface area contributed by atoms with Gasteiger partial charge in [-0.15, -0.1) is 0 Å². The normalized spacial score (nSPS) is 23.7. The van der Waals surface area contributed by atoms with Crippen LogP contribution in [0.2, 0.25) is 0 Å². The molecule has 0 bridgehead atoms. The number of nitro benzene ring substituents is 1. The molecule has 1 fully saturated rings. The fourth-order valence-corrected chi connectivity index (χ4v) is 2.54. The van der Waals surface area contributed by atoms with Crippen molar-refractivity contribution >= 4 is 5.69 Å². The molecule has 4 heteroatoms. The van der Waals surface area contributed by atoms with Gasteiger partial charge in [-0.05, 0) is 44.2 Å². The maximum Gasteiger partial charge on any atom is 0.276 e. The van der Waals surface area contributed by atoms with E-state index in [-0.39, 0.29) is 16.7 Å². The average molecular weight is 249 g/mol. The lowest BCUT2D eigenvalue weighted by Crippen LogP contribution is -2.24. The van der Waals surface area contributed by atoms with Gasteiger partial charge < -0.3 is 4.74 Å². The van der Waals surface area contributed by atoms with Crippen LogP contribution in [-0.2, 0) is 0 Å². The average Bonchev–Trinajstić information content (AvgIpc) is 2.31. The summed E-state index contributed by atoms with van der Waals surface area (Å²) in [6.07, 6.45) is 4.73. The molecule has 0 aromatic heterocycles. The van der Waals surface area contributed by atoms with Crippen molar-refractivity contribution < 1.29 is 9.66 Å². The van der Waals surface area contributed by atoms with Gasteiger partial charge in [-0.2, -0.15) is 0 Å². The minimum atomic E-state index is -0.355. The molecule has 4 nitrogen and oxygen atoms in total. The maximum atomic E-state index is 10.9. The Hall–Kier alpha value is -1.58. The molecule has 1 saturated carbocycles. The van der Waals surface area contributed by atoms with E-state index in [1.54, 1.807) is 13.0 Å². The van der Waals surface area contributed by atoms with Gasteiger partial charge in [0.15, 0.2) is 0 Å². The van der Waals surface area contributed by atoms with E-state index in [4.69, 9.17) is 4.74 Å². The summed E-state index contributed by atoms with van der Waals surface area (Å²) >= 11 is 0. The van der Waals surface area contributed by atoms with E-state index in [0.717, 1.165) is 12.8 Å². The first kappa shape index (κ1) is 12.9. The molecule has 0 heterocycles. The van der Waals surface area contributed by atoms with Gasteiger partial charge in [0.25, 0.3) is 5.69 Å². The Morgan fingerprint density at radius 3 is 2.83 bits per heavy atom. The zero-order valence-electron chi connectivity index (χ0n) is 10.9. The summed E-state index contributed by atoms with van der Waals surface area (Å²) < 4.78 is 5.87. The predicted molar refractivity (Wildman–Crippen MR) is 69.9 cm³/mol. The number of hydrogen-bond donors (Lipinski definition) is 0. The Morgan fingerprint density at radius 2 is 2.17 bits per heavy atom. The third kappa shape index (κ3) is 3.00. The molecular weight excluding hydrogens is 230 g/mol. The third-order valence-corrected chi connectivity index (χ3v) is 3.57. The summed E-state index contributed by atoms with van der Waals surface area (Å²) in [5.41, 5.74) is 0.806. The zero-order chi connectivity index (χ0) is 13.1. The fourth-order valence-electron chi connectivity index (χ4n) is 2.54. The number of hydrogen-bond acceptors (Lipinski definition) is 3. The van der Waals surface area contributed by atoms with E-state index in [1.165, 1.54) is 18.9 Å². The fraction of sp³-hybridized carbons (Fsp3) is 0.571. The Bertz CT molecular complexity index is 445. The first-order valence-corrected chi connectivity index (χ1v) is 6.48. The minimum absolute atomic E-state index is 0.136. The molecule has 0 aliphatic heterocycles. The molecule has 2 unspecified atom stereocenters. The highest BCUT2D eigenvalue weighted by Crippen LogP contribution is 2.29. The van der Waals surface area contributed by atoms with Crippen LogP contribution >= 0.6 is 0 Å². The monoisotopic (exact) mass is 249 g/mol. The first-order valence-electron chi connectivity index (χ1n) is 6.48. The summed E-state index contributed by atoms with van der Waals surface area (Å²) in [7, 11) is 0. The second-order valence-electron chi connectivity index (χ2n) is 5.22. The molecule has 1 aliphatic rings. The van der Waals surface area contributed by atoms with Crippen molar-refractivity contribution in [2.24, 2.45) is 5.92 Å². The van der Waals surface area contributed by atoms with Crippen molar-refractivity contribution in [2.75, 3.05) is 0 Å². The smallest absolute Gasteiger partial charge is 0.276 e. The van der Waals surface area contributed by atoms with Gasteiger partial charge >= 0.3 is 0 Å². The summed E-state index contributed by atoms with van der Waals surface area (Å²) in [6.45, 7) is 3.97. The molecule has 18 heavy (non-hydrogen) atoms. The number of benzene rings is 1. The van der Waals surface area contributed by atoms with Crippen LogP contribution in [0.3, 0.4) is 0 Å². The summed E-state index contributed by atoms with van der Waals surface area (Å²) in [5, 5.41) is 10.9. The minimum Gasteiger partial charge on any atom is -0.490 e. The summed E-state index contributed by atoms with van der Waals surface area (Å²) in [6, 6.07) is 5.11. The van der Waals surface area contributed by atoms with Gasteiger partial charge in [0.05, 0.1) is 17.1 Å². The van der Waals surface area contributed by atoms with E-state index in [1.807, 2.05) is 6.07 Å². The quantitative estimate of drug-likeness (QED) is 0.603. The van der Waals surface area contributed by atoms with Crippen LogP contribution in [0.15, 0.2) is 18.2 Å². The predicted octanol–water partition coefficient (Wildman–Crippen LogP) is 3.86. The van der Waals surface area contributed by atoms with Gasteiger partial charge in [0, 0.05) is 5.56 Å². The molecule has 0 radical (unpaired) electrons. The highest BCUT2D eigenvalue weighted by atomic mass is 16.6. The highest BCUT2D eigenvalue weighted by Gasteiger charge is 2.21.